The van der Waals surface area contributed by atoms with E-state index in [1.54, 1.807) is 31.2 Å². The number of halogens is 2. The maximum absolute atomic E-state index is 13.3. The first-order valence-corrected chi connectivity index (χ1v) is 8.31. The van der Waals surface area contributed by atoms with Crippen molar-refractivity contribution < 1.29 is 23.1 Å². The fourth-order valence-corrected chi connectivity index (χ4v) is 2.63. The van der Waals surface area contributed by atoms with Crippen molar-refractivity contribution in [2.24, 2.45) is 5.73 Å². The van der Waals surface area contributed by atoms with Crippen molar-refractivity contribution in [3.63, 3.8) is 0 Å². The summed E-state index contributed by atoms with van der Waals surface area (Å²) in [5.74, 6) is -1.81. The number of likely N-dealkylation sites (N-methyl/N-ethyl adjacent to an activating group) is 1. The summed E-state index contributed by atoms with van der Waals surface area (Å²) >= 11 is 0. The monoisotopic (exact) mass is 377 g/mol. The van der Waals surface area contributed by atoms with E-state index >= 15 is 0 Å². The van der Waals surface area contributed by atoms with Crippen molar-refractivity contribution >= 4 is 23.4 Å². The number of anilines is 2. The average Bonchev–Trinajstić information content (AvgIpc) is 2.62. The molecule has 0 bridgehead atoms. The number of amides is 2. The predicted molar refractivity (Wildman–Crippen MR) is 98.5 cm³/mol. The van der Waals surface area contributed by atoms with Crippen LogP contribution in [-0.4, -0.2) is 31.7 Å². The molecule has 144 valence electrons. The summed E-state index contributed by atoms with van der Waals surface area (Å²) in [7, 11) is 1.26. The van der Waals surface area contributed by atoms with Crippen LogP contribution in [0.15, 0.2) is 42.5 Å². The first kappa shape index (κ1) is 20.3. The van der Waals surface area contributed by atoms with Gasteiger partial charge in [0.25, 0.3) is 0 Å². The molecule has 0 heterocycles. The topological polar surface area (TPSA) is 84.7 Å². The van der Waals surface area contributed by atoms with Crippen LogP contribution in [0.2, 0.25) is 0 Å². The number of nitrogens with two attached hydrogens (primary N) is 1. The van der Waals surface area contributed by atoms with Gasteiger partial charge in [-0.15, -0.1) is 0 Å². The summed E-state index contributed by atoms with van der Waals surface area (Å²) in [6.45, 7) is 2.14. The van der Waals surface area contributed by atoms with Gasteiger partial charge in [-0.1, -0.05) is 0 Å². The maximum Gasteiger partial charge on any atom is 0.411 e. The number of nitrogens with one attached hydrogen (secondary N) is 1. The molecular formula is C19H21F2N3O3. The minimum absolute atomic E-state index is 0.00595. The standard InChI is InChI=1S/C19H21F2N3O3/c1-3-24(16-6-4-15(5-7-16)23-19(26)27-2)18(25)17(22)10-12-8-13(20)11-14(21)9-12/h4-9,11,17H,3,10,22H2,1-2H3,(H,23,26). The average molecular weight is 377 g/mol. The third kappa shape index (κ3) is 5.49. The summed E-state index contributed by atoms with van der Waals surface area (Å²) in [6, 6.07) is 8.66. The highest BCUT2D eigenvalue weighted by Crippen LogP contribution is 2.20. The third-order valence-corrected chi connectivity index (χ3v) is 3.89. The highest BCUT2D eigenvalue weighted by Gasteiger charge is 2.22. The zero-order chi connectivity index (χ0) is 20.0. The fourth-order valence-electron chi connectivity index (χ4n) is 2.63. The number of hydrogen-bond acceptors (Lipinski definition) is 4. The molecule has 2 aromatic carbocycles. The molecule has 3 N–H and O–H groups in total. The van der Waals surface area contributed by atoms with Crippen LogP contribution >= 0.6 is 0 Å². The van der Waals surface area contributed by atoms with Gasteiger partial charge in [0.15, 0.2) is 0 Å². The van der Waals surface area contributed by atoms with Crippen LogP contribution in [0.3, 0.4) is 0 Å². The lowest BCUT2D eigenvalue weighted by Gasteiger charge is -2.25. The number of benzene rings is 2. The second kappa shape index (κ2) is 9.09. The number of carbonyl (C=O) groups excluding carboxylic acids is 2. The Morgan fingerprint density at radius 3 is 2.26 bits per heavy atom. The van der Waals surface area contributed by atoms with Gasteiger partial charge in [-0.05, 0) is 55.3 Å². The molecular weight excluding hydrogens is 356 g/mol. The zero-order valence-corrected chi connectivity index (χ0v) is 15.0. The molecule has 0 saturated heterocycles. The van der Waals surface area contributed by atoms with Crippen LogP contribution in [0.25, 0.3) is 0 Å². The Hall–Kier alpha value is -3.00. The van der Waals surface area contributed by atoms with Gasteiger partial charge in [0.2, 0.25) is 5.91 Å². The Labute approximate surface area is 155 Å². The lowest BCUT2D eigenvalue weighted by Crippen LogP contribution is -2.45. The SMILES string of the molecule is CCN(C(=O)C(N)Cc1cc(F)cc(F)c1)c1ccc(NC(=O)OC)cc1. The second-order valence-electron chi connectivity index (χ2n) is 5.83. The minimum atomic E-state index is -0.959. The quantitative estimate of drug-likeness (QED) is 0.810. The summed E-state index contributed by atoms with van der Waals surface area (Å²) in [5, 5.41) is 2.51. The molecule has 0 aliphatic heterocycles. The molecule has 2 rings (SSSR count). The van der Waals surface area contributed by atoms with Crippen LogP contribution < -0.4 is 16.0 Å². The number of carbonyl (C=O) groups is 2. The van der Waals surface area contributed by atoms with Gasteiger partial charge >= 0.3 is 6.09 Å². The Balaban J connectivity index is 2.10. The number of methoxy groups -OCH3 is 1. The van der Waals surface area contributed by atoms with Crippen LogP contribution in [0.5, 0.6) is 0 Å². The minimum Gasteiger partial charge on any atom is -0.453 e. The van der Waals surface area contributed by atoms with E-state index in [0.717, 1.165) is 18.2 Å². The number of ether oxygens (including phenoxy) is 1. The number of nitrogens with zero attached hydrogens (tertiary/aromatic N) is 1. The first-order valence-electron chi connectivity index (χ1n) is 8.31. The van der Waals surface area contributed by atoms with Crippen LogP contribution in [0.1, 0.15) is 12.5 Å². The van der Waals surface area contributed by atoms with Crippen molar-refractivity contribution in [2.75, 3.05) is 23.9 Å². The molecule has 0 fully saturated rings. The Morgan fingerprint density at radius 1 is 1.15 bits per heavy atom. The van der Waals surface area contributed by atoms with Crippen LogP contribution in [-0.2, 0) is 16.0 Å². The highest BCUT2D eigenvalue weighted by atomic mass is 19.1. The summed E-state index contributed by atoms with van der Waals surface area (Å²) < 4.78 is 31.1. The molecule has 0 radical (unpaired) electrons. The number of hydrogen-bond donors (Lipinski definition) is 2. The van der Waals surface area contributed by atoms with E-state index in [9.17, 15) is 18.4 Å². The molecule has 0 aromatic heterocycles. The first-order chi connectivity index (χ1) is 12.8. The van der Waals surface area contributed by atoms with E-state index in [4.69, 9.17) is 5.73 Å². The molecule has 0 spiro atoms. The van der Waals surface area contributed by atoms with Crippen molar-refractivity contribution in [1.29, 1.82) is 0 Å². The van der Waals surface area contributed by atoms with Gasteiger partial charge in [0, 0.05) is 24.0 Å². The second-order valence-corrected chi connectivity index (χ2v) is 5.83. The van der Waals surface area contributed by atoms with Gasteiger partial charge in [-0.3, -0.25) is 10.1 Å². The van der Waals surface area contributed by atoms with Gasteiger partial charge < -0.3 is 15.4 Å². The molecule has 0 saturated carbocycles. The van der Waals surface area contributed by atoms with Gasteiger partial charge in [0.1, 0.15) is 11.6 Å². The van der Waals surface area contributed by atoms with Crippen molar-refractivity contribution in [2.45, 2.75) is 19.4 Å². The van der Waals surface area contributed by atoms with Gasteiger partial charge in [-0.25, -0.2) is 13.6 Å². The van der Waals surface area contributed by atoms with Crippen LogP contribution in [0, 0.1) is 11.6 Å². The maximum atomic E-state index is 13.3. The molecule has 0 aliphatic rings. The van der Waals surface area contributed by atoms with Crippen LogP contribution in [0.4, 0.5) is 25.0 Å². The van der Waals surface area contributed by atoms with E-state index in [1.165, 1.54) is 12.0 Å². The largest absolute Gasteiger partial charge is 0.453 e. The lowest BCUT2D eigenvalue weighted by atomic mass is 10.0. The molecule has 2 amide bonds. The Morgan fingerprint density at radius 2 is 1.74 bits per heavy atom. The van der Waals surface area contributed by atoms with Gasteiger partial charge in [0.05, 0.1) is 13.2 Å². The molecule has 0 aliphatic carbocycles. The fraction of sp³-hybridized carbons (Fsp3) is 0.263. The zero-order valence-electron chi connectivity index (χ0n) is 15.0. The molecule has 6 nitrogen and oxygen atoms in total. The lowest BCUT2D eigenvalue weighted by molar-refractivity contribution is -0.119. The molecule has 27 heavy (non-hydrogen) atoms. The Bertz CT molecular complexity index is 792. The third-order valence-electron chi connectivity index (χ3n) is 3.89. The summed E-state index contributed by atoms with van der Waals surface area (Å²) in [6.07, 6.45) is -0.595. The molecule has 2 aromatic rings. The smallest absolute Gasteiger partial charge is 0.411 e. The van der Waals surface area contributed by atoms with E-state index in [-0.39, 0.29) is 12.3 Å². The Kier molecular flexibility index (Phi) is 6.84. The van der Waals surface area contributed by atoms with E-state index in [2.05, 4.69) is 10.1 Å². The normalized spacial score (nSPS) is 11.6. The van der Waals surface area contributed by atoms with Gasteiger partial charge in [-0.2, -0.15) is 0 Å². The van der Waals surface area contributed by atoms with E-state index < -0.39 is 23.8 Å². The number of rotatable bonds is 6. The predicted octanol–water partition coefficient (Wildman–Crippen LogP) is 3.07. The van der Waals surface area contributed by atoms with Crippen molar-refractivity contribution in [3.8, 4) is 0 Å². The van der Waals surface area contributed by atoms with E-state index in [0.29, 0.717) is 23.5 Å². The van der Waals surface area contributed by atoms with E-state index in [1.807, 2.05) is 0 Å². The molecule has 1 atom stereocenters. The molecule has 1 unspecified atom stereocenters. The summed E-state index contributed by atoms with van der Waals surface area (Å²) in [4.78, 5) is 25.3. The highest BCUT2D eigenvalue weighted by molar-refractivity contribution is 5.97. The molecule has 8 heteroatoms. The van der Waals surface area contributed by atoms with Crippen molar-refractivity contribution in [3.05, 3.63) is 59.7 Å². The van der Waals surface area contributed by atoms with Crippen molar-refractivity contribution in [1.82, 2.24) is 0 Å². The summed E-state index contributed by atoms with van der Waals surface area (Å²) in [5.41, 5.74) is 7.37.